The molecule has 0 radical (unpaired) electrons. The number of ether oxygens (including phenoxy) is 3. The largest absolute Gasteiger partial charge is 0.462 e. The molecule has 6 heteroatoms. The van der Waals surface area contributed by atoms with Crippen LogP contribution >= 0.6 is 0 Å². The van der Waals surface area contributed by atoms with Crippen molar-refractivity contribution < 1.29 is 28.6 Å². The highest BCUT2D eigenvalue weighted by Gasteiger charge is 2.19. The van der Waals surface area contributed by atoms with Crippen molar-refractivity contribution in [3.8, 4) is 0 Å². The van der Waals surface area contributed by atoms with Crippen molar-refractivity contribution in [3.63, 3.8) is 0 Å². The Morgan fingerprint density at radius 3 is 0.808 bits per heavy atom. The van der Waals surface area contributed by atoms with Gasteiger partial charge in [-0.05, 0) is 128 Å². The van der Waals surface area contributed by atoms with Crippen LogP contribution in [-0.2, 0) is 28.6 Å². The summed E-state index contributed by atoms with van der Waals surface area (Å²) in [7, 11) is 0. The summed E-state index contributed by atoms with van der Waals surface area (Å²) in [6.07, 6.45) is 89.5. The fraction of sp³-hybridized carbons (Fsp3) is 0.708. The van der Waals surface area contributed by atoms with Crippen LogP contribution in [0.3, 0.4) is 0 Å². The number of esters is 3. The van der Waals surface area contributed by atoms with E-state index in [4.69, 9.17) is 14.2 Å². The molecule has 0 saturated carbocycles. The number of allylic oxidation sites excluding steroid dienone is 18. The fourth-order valence-corrected chi connectivity index (χ4v) is 9.06. The van der Waals surface area contributed by atoms with Gasteiger partial charge in [-0.2, -0.15) is 0 Å². The summed E-state index contributed by atoms with van der Waals surface area (Å²) < 4.78 is 16.9. The summed E-state index contributed by atoms with van der Waals surface area (Å²) in [4.78, 5) is 38.4. The van der Waals surface area contributed by atoms with E-state index >= 15 is 0 Å². The summed E-state index contributed by atoms with van der Waals surface area (Å²) in [6, 6.07) is 0. The highest BCUT2D eigenvalue weighted by atomic mass is 16.6. The van der Waals surface area contributed by atoms with Gasteiger partial charge in [-0.3, -0.25) is 14.4 Å². The van der Waals surface area contributed by atoms with E-state index in [9.17, 15) is 14.4 Å². The van der Waals surface area contributed by atoms with E-state index in [0.717, 1.165) is 116 Å². The van der Waals surface area contributed by atoms with Gasteiger partial charge in [-0.15, -0.1) is 0 Å². The first-order valence-electron chi connectivity index (χ1n) is 32.9. The zero-order chi connectivity index (χ0) is 56.4. The fourth-order valence-electron chi connectivity index (χ4n) is 9.06. The van der Waals surface area contributed by atoms with E-state index in [1.807, 2.05) is 0 Å². The molecule has 0 fully saturated rings. The van der Waals surface area contributed by atoms with Crippen molar-refractivity contribution in [2.24, 2.45) is 0 Å². The molecule has 0 bridgehead atoms. The first kappa shape index (κ1) is 74.1. The number of hydrogen-bond donors (Lipinski definition) is 0. The van der Waals surface area contributed by atoms with E-state index in [1.165, 1.54) is 154 Å². The van der Waals surface area contributed by atoms with Gasteiger partial charge < -0.3 is 14.2 Å². The summed E-state index contributed by atoms with van der Waals surface area (Å²) in [6.45, 7) is 6.51. The first-order valence-corrected chi connectivity index (χ1v) is 32.9. The lowest BCUT2D eigenvalue weighted by molar-refractivity contribution is -0.167. The second-order valence-corrected chi connectivity index (χ2v) is 21.6. The van der Waals surface area contributed by atoms with Crippen LogP contribution in [0.15, 0.2) is 109 Å². The maximum absolute atomic E-state index is 12.9. The number of carbonyl (C=O) groups is 3. The Hall–Kier alpha value is -3.93. The second kappa shape index (κ2) is 65.6. The SMILES string of the molecule is CC/C=C\C/C=C\C/C=C\C/C=C\C/C=C\C/C=C\C/C=C\CCCCCC(=O)OCC(COC(=O)CCCCCCC/C=C\CCCCCCCCC)OC(=O)CCCCCCCCCCC/C=C\CCCCCCCC. The molecule has 0 aliphatic rings. The normalized spacial score (nSPS) is 12.8. The lowest BCUT2D eigenvalue weighted by Crippen LogP contribution is -2.30. The monoisotopic (exact) mass is 1080 g/mol. The summed E-state index contributed by atoms with van der Waals surface area (Å²) in [5.41, 5.74) is 0. The topological polar surface area (TPSA) is 78.9 Å². The van der Waals surface area contributed by atoms with Gasteiger partial charge in [0, 0.05) is 19.3 Å². The summed E-state index contributed by atoms with van der Waals surface area (Å²) in [5, 5.41) is 0. The lowest BCUT2D eigenvalue weighted by atomic mass is 10.1. The Bertz CT molecular complexity index is 1570. The van der Waals surface area contributed by atoms with E-state index in [1.54, 1.807) is 0 Å². The van der Waals surface area contributed by atoms with Crippen LogP contribution in [0.4, 0.5) is 0 Å². The van der Waals surface area contributed by atoms with Crippen LogP contribution in [0.1, 0.15) is 310 Å². The quantitative estimate of drug-likeness (QED) is 0.0261. The summed E-state index contributed by atoms with van der Waals surface area (Å²) >= 11 is 0. The minimum absolute atomic E-state index is 0.0938. The Labute approximate surface area is 482 Å². The van der Waals surface area contributed by atoms with Gasteiger partial charge in [-0.25, -0.2) is 0 Å². The molecule has 1 unspecified atom stereocenters. The molecular formula is C72H122O6. The molecule has 0 saturated heterocycles. The molecular weight excluding hydrogens is 961 g/mol. The highest BCUT2D eigenvalue weighted by molar-refractivity contribution is 5.71. The maximum Gasteiger partial charge on any atom is 0.306 e. The van der Waals surface area contributed by atoms with Crippen molar-refractivity contribution in [2.45, 2.75) is 316 Å². The zero-order valence-electron chi connectivity index (χ0n) is 51.2. The molecule has 0 aliphatic carbocycles. The molecule has 0 amide bonds. The van der Waals surface area contributed by atoms with Crippen LogP contribution in [0, 0.1) is 0 Å². The molecule has 0 aromatic rings. The van der Waals surface area contributed by atoms with Crippen LogP contribution in [0.25, 0.3) is 0 Å². The predicted octanol–water partition coefficient (Wildman–Crippen LogP) is 22.6. The van der Waals surface area contributed by atoms with Crippen molar-refractivity contribution >= 4 is 17.9 Å². The van der Waals surface area contributed by atoms with Gasteiger partial charge in [0.15, 0.2) is 6.10 Å². The van der Waals surface area contributed by atoms with Gasteiger partial charge in [0.25, 0.3) is 0 Å². The standard InChI is InChI=1S/C72H122O6/c1-4-7-10-13-16-19-22-25-28-31-33-34-35-36-37-38-40-41-44-47-50-53-56-59-62-65-71(74)77-68-69(67-76-70(73)64-61-58-55-52-49-46-43-30-27-24-21-18-15-12-9-6-3)78-72(75)66-63-60-57-54-51-48-45-42-39-32-29-26-23-20-17-14-11-8-5-2/h7,10,16,19,25-26,28-30,33-34,36-37,40-41,43,47,50,69H,4-6,8-9,11-15,17-18,20-24,27,31-32,35,38-39,42,44-46,48-49,51-68H2,1-3H3/b10-7-,19-16-,28-25-,29-26-,34-33-,37-36-,41-40-,43-30-,50-47-. The molecule has 6 nitrogen and oxygen atoms in total. The molecule has 446 valence electrons. The molecule has 0 spiro atoms. The summed E-state index contributed by atoms with van der Waals surface area (Å²) in [5.74, 6) is -0.928. The Balaban J connectivity index is 4.45. The average Bonchev–Trinajstić information content (AvgIpc) is 3.44. The number of rotatable bonds is 59. The lowest BCUT2D eigenvalue weighted by Gasteiger charge is -2.18. The third-order valence-corrected chi connectivity index (χ3v) is 14.0. The minimum Gasteiger partial charge on any atom is -0.462 e. The maximum atomic E-state index is 12.9. The van der Waals surface area contributed by atoms with Gasteiger partial charge >= 0.3 is 17.9 Å². The van der Waals surface area contributed by atoms with Crippen LogP contribution in [0.5, 0.6) is 0 Å². The van der Waals surface area contributed by atoms with Crippen molar-refractivity contribution in [1.82, 2.24) is 0 Å². The van der Waals surface area contributed by atoms with E-state index in [0.29, 0.717) is 19.3 Å². The predicted molar refractivity (Wildman–Crippen MR) is 339 cm³/mol. The number of hydrogen-bond acceptors (Lipinski definition) is 6. The van der Waals surface area contributed by atoms with Crippen molar-refractivity contribution in [3.05, 3.63) is 109 Å². The van der Waals surface area contributed by atoms with Crippen LogP contribution in [-0.4, -0.2) is 37.2 Å². The highest BCUT2D eigenvalue weighted by Crippen LogP contribution is 2.15. The van der Waals surface area contributed by atoms with E-state index < -0.39 is 6.10 Å². The van der Waals surface area contributed by atoms with Crippen molar-refractivity contribution in [2.75, 3.05) is 13.2 Å². The average molecular weight is 1080 g/mol. The third-order valence-electron chi connectivity index (χ3n) is 14.0. The molecule has 1 atom stereocenters. The Kier molecular flexibility index (Phi) is 62.3. The molecule has 0 aliphatic heterocycles. The van der Waals surface area contributed by atoms with Gasteiger partial charge in [-0.1, -0.05) is 271 Å². The second-order valence-electron chi connectivity index (χ2n) is 21.6. The van der Waals surface area contributed by atoms with Crippen LogP contribution < -0.4 is 0 Å². The Morgan fingerprint density at radius 2 is 0.500 bits per heavy atom. The van der Waals surface area contributed by atoms with E-state index in [-0.39, 0.29) is 31.1 Å². The minimum atomic E-state index is -0.800. The molecule has 78 heavy (non-hydrogen) atoms. The number of carbonyl (C=O) groups excluding carboxylic acids is 3. The molecule has 0 rings (SSSR count). The third kappa shape index (κ3) is 62.9. The van der Waals surface area contributed by atoms with Crippen LogP contribution in [0.2, 0.25) is 0 Å². The van der Waals surface area contributed by atoms with Gasteiger partial charge in [0.05, 0.1) is 0 Å². The molecule has 0 heterocycles. The number of unbranched alkanes of at least 4 members (excludes halogenated alkanes) is 30. The smallest absolute Gasteiger partial charge is 0.306 e. The van der Waals surface area contributed by atoms with Crippen molar-refractivity contribution in [1.29, 1.82) is 0 Å². The first-order chi connectivity index (χ1) is 38.5. The molecule has 0 N–H and O–H groups in total. The molecule has 0 aromatic carbocycles. The zero-order valence-corrected chi connectivity index (χ0v) is 51.2. The van der Waals surface area contributed by atoms with Gasteiger partial charge in [0.2, 0.25) is 0 Å². The molecule has 0 aromatic heterocycles. The van der Waals surface area contributed by atoms with E-state index in [2.05, 4.69) is 130 Å². The Morgan fingerprint density at radius 1 is 0.269 bits per heavy atom. The van der Waals surface area contributed by atoms with Gasteiger partial charge in [0.1, 0.15) is 13.2 Å².